The molecule has 1 aromatic rings. The second-order valence-electron chi connectivity index (χ2n) is 6.37. The number of aliphatic imine (C=N–C) groups is 1. The molecule has 0 aromatic heterocycles. The molecule has 0 amide bonds. The Kier molecular flexibility index (Phi) is 11.0. The van der Waals surface area contributed by atoms with Gasteiger partial charge in [0.2, 0.25) is 0 Å². The largest absolute Gasteiger partial charge is 0.379 e. The predicted molar refractivity (Wildman–Crippen MR) is 115 cm³/mol. The van der Waals surface area contributed by atoms with Gasteiger partial charge in [0.1, 0.15) is 5.82 Å². The van der Waals surface area contributed by atoms with Gasteiger partial charge in [-0.3, -0.25) is 9.89 Å². The summed E-state index contributed by atoms with van der Waals surface area (Å²) >= 11 is 0. The molecule has 1 aliphatic rings. The van der Waals surface area contributed by atoms with Gasteiger partial charge in [-0.05, 0) is 31.8 Å². The second-order valence-corrected chi connectivity index (χ2v) is 6.37. The molecule has 1 saturated heterocycles. The van der Waals surface area contributed by atoms with Crippen LogP contribution in [0, 0.1) is 5.82 Å². The first-order chi connectivity index (χ1) is 12.1. The van der Waals surface area contributed by atoms with E-state index in [0.29, 0.717) is 6.54 Å². The highest BCUT2D eigenvalue weighted by molar-refractivity contribution is 14.0. The predicted octanol–water partition coefficient (Wildman–Crippen LogP) is 1.54. The molecule has 0 radical (unpaired) electrons. The molecule has 26 heavy (non-hydrogen) atoms. The summed E-state index contributed by atoms with van der Waals surface area (Å²) in [5, 5.41) is 6.68. The van der Waals surface area contributed by atoms with Crippen LogP contribution in [0.3, 0.4) is 0 Å². The van der Waals surface area contributed by atoms with E-state index in [4.69, 9.17) is 4.74 Å². The molecule has 0 aliphatic carbocycles. The van der Waals surface area contributed by atoms with Gasteiger partial charge in [0, 0.05) is 39.8 Å². The van der Waals surface area contributed by atoms with Crippen LogP contribution in [0.5, 0.6) is 0 Å². The summed E-state index contributed by atoms with van der Waals surface area (Å²) in [6, 6.07) is 6.81. The summed E-state index contributed by atoms with van der Waals surface area (Å²) in [6.45, 7) is 6.02. The Morgan fingerprint density at radius 2 is 2.04 bits per heavy atom. The summed E-state index contributed by atoms with van der Waals surface area (Å²) in [5.41, 5.74) is 0.946. The summed E-state index contributed by atoms with van der Waals surface area (Å²) < 4.78 is 18.9. The monoisotopic (exact) mass is 479 g/mol. The highest BCUT2D eigenvalue weighted by atomic mass is 127. The lowest BCUT2D eigenvalue weighted by Gasteiger charge is -2.28. The molecular formula is C18H31FIN5O. The van der Waals surface area contributed by atoms with Crippen LogP contribution < -0.4 is 10.6 Å². The average Bonchev–Trinajstić information content (AvgIpc) is 2.61. The van der Waals surface area contributed by atoms with Gasteiger partial charge in [-0.1, -0.05) is 12.1 Å². The summed E-state index contributed by atoms with van der Waals surface area (Å²) in [5.74, 6) is 0.550. The third kappa shape index (κ3) is 7.73. The fourth-order valence-corrected chi connectivity index (χ4v) is 2.88. The molecule has 1 aliphatic heterocycles. The zero-order valence-electron chi connectivity index (χ0n) is 15.9. The molecule has 2 rings (SSSR count). The zero-order chi connectivity index (χ0) is 18.1. The first kappa shape index (κ1) is 23.1. The number of nitrogens with one attached hydrogen (secondary N) is 2. The van der Waals surface area contributed by atoms with E-state index in [-0.39, 0.29) is 35.8 Å². The Morgan fingerprint density at radius 3 is 2.65 bits per heavy atom. The number of guanidine groups is 1. The van der Waals surface area contributed by atoms with Crippen molar-refractivity contribution < 1.29 is 9.13 Å². The minimum Gasteiger partial charge on any atom is -0.379 e. The standard InChI is InChI=1S/C18H30FN5O.HI/c1-20-18(21-7-8-24-9-11-25-12-10-24)22-14-17(23(2)3)15-5-4-6-16(19)13-15;/h4-6,13,17H,7-12,14H2,1-3H3,(H2,20,21,22);1H. The molecule has 1 unspecified atom stereocenters. The van der Waals surface area contributed by atoms with E-state index in [0.717, 1.165) is 50.9 Å². The van der Waals surface area contributed by atoms with Crippen molar-refractivity contribution in [2.75, 3.05) is 67.1 Å². The van der Waals surface area contributed by atoms with Gasteiger partial charge < -0.3 is 20.3 Å². The number of likely N-dealkylation sites (N-methyl/N-ethyl adjacent to an activating group) is 1. The molecule has 2 N–H and O–H groups in total. The lowest BCUT2D eigenvalue weighted by atomic mass is 10.1. The molecule has 0 spiro atoms. The van der Waals surface area contributed by atoms with Crippen LogP contribution in [-0.4, -0.2) is 82.8 Å². The summed E-state index contributed by atoms with van der Waals surface area (Å²) in [7, 11) is 5.74. The molecule has 1 aromatic carbocycles. The van der Waals surface area contributed by atoms with E-state index in [2.05, 4.69) is 25.4 Å². The number of halogens is 2. The van der Waals surface area contributed by atoms with Crippen LogP contribution in [0.15, 0.2) is 29.3 Å². The van der Waals surface area contributed by atoms with Gasteiger partial charge in [-0.2, -0.15) is 0 Å². The lowest BCUT2D eigenvalue weighted by Crippen LogP contribution is -2.46. The minimum atomic E-state index is -0.211. The highest BCUT2D eigenvalue weighted by Crippen LogP contribution is 2.18. The maximum atomic E-state index is 13.5. The quantitative estimate of drug-likeness (QED) is 0.353. The van der Waals surface area contributed by atoms with Gasteiger partial charge in [-0.15, -0.1) is 24.0 Å². The molecule has 148 valence electrons. The number of morpholine rings is 1. The third-order valence-electron chi connectivity index (χ3n) is 4.37. The van der Waals surface area contributed by atoms with Crippen molar-refractivity contribution in [2.24, 2.45) is 4.99 Å². The van der Waals surface area contributed by atoms with Crippen molar-refractivity contribution in [1.82, 2.24) is 20.4 Å². The fourth-order valence-electron chi connectivity index (χ4n) is 2.88. The molecule has 0 bridgehead atoms. The first-order valence-corrected chi connectivity index (χ1v) is 8.76. The van der Waals surface area contributed by atoms with Gasteiger partial charge in [0.05, 0.1) is 19.3 Å². The fraction of sp³-hybridized carbons (Fsp3) is 0.611. The number of benzene rings is 1. The lowest BCUT2D eigenvalue weighted by molar-refractivity contribution is 0.0389. The number of nitrogens with zero attached hydrogens (tertiary/aromatic N) is 3. The van der Waals surface area contributed by atoms with Crippen LogP contribution >= 0.6 is 24.0 Å². The van der Waals surface area contributed by atoms with Crippen LogP contribution in [0.1, 0.15) is 11.6 Å². The normalized spacial score (nSPS) is 16.9. The molecule has 8 heteroatoms. The van der Waals surface area contributed by atoms with Gasteiger partial charge in [-0.25, -0.2) is 4.39 Å². The molecule has 0 saturated carbocycles. The Hall–Kier alpha value is -0.970. The van der Waals surface area contributed by atoms with E-state index < -0.39 is 0 Å². The van der Waals surface area contributed by atoms with E-state index in [1.807, 2.05) is 20.2 Å². The van der Waals surface area contributed by atoms with E-state index >= 15 is 0 Å². The van der Waals surface area contributed by atoms with E-state index in [9.17, 15) is 4.39 Å². The number of rotatable bonds is 7. The van der Waals surface area contributed by atoms with E-state index in [1.165, 1.54) is 6.07 Å². The third-order valence-corrected chi connectivity index (χ3v) is 4.37. The number of hydrogen-bond donors (Lipinski definition) is 2. The number of hydrogen-bond acceptors (Lipinski definition) is 4. The molecule has 1 fully saturated rings. The molecule has 1 atom stereocenters. The van der Waals surface area contributed by atoms with Crippen molar-refractivity contribution in [3.8, 4) is 0 Å². The summed E-state index contributed by atoms with van der Waals surface area (Å²) in [6.07, 6.45) is 0. The first-order valence-electron chi connectivity index (χ1n) is 8.76. The molecule has 1 heterocycles. The topological polar surface area (TPSA) is 52.1 Å². The van der Waals surface area contributed by atoms with Crippen molar-refractivity contribution in [2.45, 2.75) is 6.04 Å². The van der Waals surface area contributed by atoms with Gasteiger partial charge >= 0.3 is 0 Å². The summed E-state index contributed by atoms with van der Waals surface area (Å²) in [4.78, 5) is 8.72. The van der Waals surface area contributed by atoms with Crippen LogP contribution in [-0.2, 0) is 4.74 Å². The number of ether oxygens (including phenoxy) is 1. The SMILES string of the molecule is CN=C(NCCN1CCOCC1)NCC(c1cccc(F)c1)N(C)C.I. The van der Waals surface area contributed by atoms with Crippen molar-refractivity contribution in [1.29, 1.82) is 0 Å². The Bertz CT molecular complexity index is 552. The van der Waals surface area contributed by atoms with Crippen molar-refractivity contribution in [3.05, 3.63) is 35.6 Å². The van der Waals surface area contributed by atoms with Crippen LogP contribution in [0.25, 0.3) is 0 Å². The van der Waals surface area contributed by atoms with Gasteiger partial charge in [0.15, 0.2) is 5.96 Å². The average molecular weight is 479 g/mol. The smallest absolute Gasteiger partial charge is 0.191 e. The Labute approximate surface area is 173 Å². The highest BCUT2D eigenvalue weighted by Gasteiger charge is 2.15. The zero-order valence-corrected chi connectivity index (χ0v) is 18.2. The molecular weight excluding hydrogens is 448 g/mol. The van der Waals surface area contributed by atoms with Gasteiger partial charge in [0.25, 0.3) is 0 Å². The van der Waals surface area contributed by atoms with E-state index in [1.54, 1.807) is 19.2 Å². The minimum absolute atomic E-state index is 0. The van der Waals surface area contributed by atoms with Crippen molar-refractivity contribution in [3.63, 3.8) is 0 Å². The van der Waals surface area contributed by atoms with Crippen molar-refractivity contribution >= 4 is 29.9 Å². The second kappa shape index (κ2) is 12.4. The Balaban J connectivity index is 0.00000338. The Morgan fingerprint density at radius 1 is 1.31 bits per heavy atom. The molecule has 6 nitrogen and oxygen atoms in total. The maximum absolute atomic E-state index is 13.5. The maximum Gasteiger partial charge on any atom is 0.191 e. The van der Waals surface area contributed by atoms with Crippen LogP contribution in [0.2, 0.25) is 0 Å². The van der Waals surface area contributed by atoms with Crippen LogP contribution in [0.4, 0.5) is 4.39 Å².